The van der Waals surface area contributed by atoms with Gasteiger partial charge in [-0.05, 0) is 18.6 Å². The molecular formula is C17H20N4O3S. The lowest BCUT2D eigenvalue weighted by Gasteiger charge is -2.11. The summed E-state index contributed by atoms with van der Waals surface area (Å²) in [7, 11) is 0. The quantitative estimate of drug-likeness (QED) is 0.511. The SMILES string of the molecule is CC(C)c1noc(CSc2nc3ccccc3c(=O)n2CCCO)n1. The molecule has 0 aliphatic rings. The van der Waals surface area contributed by atoms with Crippen LogP contribution in [0.4, 0.5) is 0 Å². The van der Waals surface area contributed by atoms with E-state index in [0.29, 0.717) is 46.5 Å². The lowest BCUT2D eigenvalue weighted by molar-refractivity contribution is 0.276. The number of benzene rings is 1. The van der Waals surface area contributed by atoms with E-state index in [9.17, 15) is 4.79 Å². The van der Waals surface area contributed by atoms with Gasteiger partial charge in [-0.15, -0.1) is 0 Å². The molecule has 1 aromatic carbocycles. The Morgan fingerprint density at radius 1 is 1.28 bits per heavy atom. The standard InChI is InChI=1S/C17H20N4O3S/c1-11(2)15-19-14(24-20-15)10-25-17-18-13-7-4-3-6-12(13)16(23)21(17)8-5-9-22/h3-4,6-7,11,22H,5,8-10H2,1-2H3. The van der Waals surface area contributed by atoms with Crippen molar-refractivity contribution in [2.45, 2.75) is 43.6 Å². The lowest BCUT2D eigenvalue weighted by Crippen LogP contribution is -2.24. The van der Waals surface area contributed by atoms with Crippen molar-refractivity contribution in [3.63, 3.8) is 0 Å². The molecule has 7 nitrogen and oxygen atoms in total. The molecule has 0 bridgehead atoms. The van der Waals surface area contributed by atoms with E-state index >= 15 is 0 Å². The zero-order chi connectivity index (χ0) is 17.8. The summed E-state index contributed by atoms with van der Waals surface area (Å²) < 4.78 is 6.85. The van der Waals surface area contributed by atoms with Crippen molar-refractivity contribution < 1.29 is 9.63 Å². The second-order valence-corrected chi connectivity index (χ2v) is 6.88. The summed E-state index contributed by atoms with van der Waals surface area (Å²) in [5.74, 6) is 1.80. The summed E-state index contributed by atoms with van der Waals surface area (Å²) in [4.78, 5) is 21.7. The third-order valence-corrected chi connectivity index (χ3v) is 4.65. The van der Waals surface area contributed by atoms with Crippen LogP contribution >= 0.6 is 11.8 Å². The summed E-state index contributed by atoms with van der Waals surface area (Å²) in [5, 5.41) is 14.2. The molecule has 0 spiro atoms. The third-order valence-electron chi connectivity index (χ3n) is 3.69. The van der Waals surface area contributed by atoms with Crippen molar-refractivity contribution >= 4 is 22.7 Å². The fourth-order valence-electron chi connectivity index (χ4n) is 2.37. The maximum atomic E-state index is 12.7. The van der Waals surface area contributed by atoms with Gasteiger partial charge >= 0.3 is 0 Å². The molecule has 0 aliphatic carbocycles. The number of para-hydroxylation sites is 1. The molecule has 2 heterocycles. The van der Waals surface area contributed by atoms with Crippen LogP contribution in [0.2, 0.25) is 0 Å². The number of aromatic nitrogens is 4. The highest BCUT2D eigenvalue weighted by Crippen LogP contribution is 2.22. The van der Waals surface area contributed by atoms with Crippen molar-refractivity contribution in [1.82, 2.24) is 19.7 Å². The van der Waals surface area contributed by atoms with Gasteiger partial charge in [0.05, 0.1) is 16.7 Å². The lowest BCUT2D eigenvalue weighted by atomic mass is 10.2. The highest BCUT2D eigenvalue weighted by atomic mass is 32.2. The number of fused-ring (bicyclic) bond motifs is 1. The molecule has 0 fully saturated rings. The van der Waals surface area contributed by atoms with Crippen LogP contribution in [-0.2, 0) is 12.3 Å². The zero-order valence-electron chi connectivity index (χ0n) is 14.2. The van der Waals surface area contributed by atoms with Crippen LogP contribution in [0, 0.1) is 0 Å². The minimum Gasteiger partial charge on any atom is -0.396 e. The monoisotopic (exact) mass is 360 g/mol. The van der Waals surface area contributed by atoms with Gasteiger partial charge < -0.3 is 9.63 Å². The van der Waals surface area contributed by atoms with E-state index in [2.05, 4.69) is 15.1 Å². The third kappa shape index (κ3) is 3.91. The molecular weight excluding hydrogens is 340 g/mol. The molecule has 0 radical (unpaired) electrons. The Kier molecular flexibility index (Phi) is 5.50. The summed E-state index contributed by atoms with van der Waals surface area (Å²) in [6.07, 6.45) is 0.492. The van der Waals surface area contributed by atoms with Crippen LogP contribution in [0.25, 0.3) is 10.9 Å². The van der Waals surface area contributed by atoms with Crippen molar-refractivity contribution in [3.8, 4) is 0 Å². The summed E-state index contributed by atoms with van der Waals surface area (Å²) in [5.41, 5.74) is 0.554. The molecule has 0 saturated heterocycles. The van der Waals surface area contributed by atoms with Crippen LogP contribution in [-0.4, -0.2) is 31.4 Å². The van der Waals surface area contributed by atoms with Crippen molar-refractivity contribution in [3.05, 3.63) is 46.3 Å². The number of nitrogens with zero attached hydrogens (tertiary/aromatic N) is 4. The Hall–Kier alpha value is -2.19. The molecule has 132 valence electrons. The fourth-order valence-corrected chi connectivity index (χ4v) is 3.23. The minimum absolute atomic E-state index is 0.0186. The van der Waals surface area contributed by atoms with Gasteiger partial charge in [0, 0.05) is 19.1 Å². The van der Waals surface area contributed by atoms with Crippen molar-refractivity contribution in [2.24, 2.45) is 0 Å². The Labute approximate surface area is 149 Å². The molecule has 0 atom stereocenters. The van der Waals surface area contributed by atoms with Crippen LogP contribution in [0.5, 0.6) is 0 Å². The first-order chi connectivity index (χ1) is 12.1. The topological polar surface area (TPSA) is 94.0 Å². The predicted octanol–water partition coefficient (Wildman–Crippen LogP) is 2.58. The molecule has 1 N–H and O–H groups in total. The smallest absolute Gasteiger partial charge is 0.262 e. The first kappa shape index (κ1) is 17.6. The van der Waals surface area contributed by atoms with Crippen LogP contribution < -0.4 is 5.56 Å². The summed E-state index contributed by atoms with van der Waals surface area (Å²) in [6, 6.07) is 7.26. The van der Waals surface area contributed by atoms with Crippen molar-refractivity contribution in [2.75, 3.05) is 6.61 Å². The molecule has 3 aromatic rings. The average molecular weight is 360 g/mol. The second kappa shape index (κ2) is 7.79. The minimum atomic E-state index is -0.102. The van der Waals surface area contributed by atoms with E-state index in [-0.39, 0.29) is 18.1 Å². The van der Waals surface area contributed by atoms with E-state index in [1.165, 1.54) is 11.8 Å². The Morgan fingerprint density at radius 3 is 2.80 bits per heavy atom. The number of aliphatic hydroxyl groups is 1. The van der Waals surface area contributed by atoms with Gasteiger partial charge in [0.1, 0.15) is 0 Å². The summed E-state index contributed by atoms with van der Waals surface area (Å²) in [6.45, 7) is 4.43. The Bertz CT molecular complexity index is 920. The van der Waals surface area contributed by atoms with Gasteiger partial charge in [-0.1, -0.05) is 42.9 Å². The van der Waals surface area contributed by atoms with Crippen LogP contribution in [0.3, 0.4) is 0 Å². The number of rotatable bonds is 7. The van der Waals surface area contributed by atoms with Gasteiger partial charge in [0.15, 0.2) is 11.0 Å². The first-order valence-corrected chi connectivity index (χ1v) is 9.14. The van der Waals surface area contributed by atoms with Crippen LogP contribution in [0.15, 0.2) is 38.7 Å². The van der Waals surface area contributed by atoms with E-state index < -0.39 is 0 Å². The molecule has 0 saturated carbocycles. The van der Waals surface area contributed by atoms with E-state index in [1.54, 1.807) is 10.6 Å². The normalized spacial score (nSPS) is 11.5. The Balaban J connectivity index is 1.91. The number of hydrogen-bond acceptors (Lipinski definition) is 7. The average Bonchev–Trinajstić information content (AvgIpc) is 3.09. The molecule has 3 rings (SSSR count). The van der Waals surface area contributed by atoms with Gasteiger partial charge in [-0.2, -0.15) is 4.98 Å². The van der Waals surface area contributed by atoms with E-state index in [0.717, 1.165) is 0 Å². The molecule has 25 heavy (non-hydrogen) atoms. The largest absolute Gasteiger partial charge is 0.396 e. The first-order valence-electron chi connectivity index (χ1n) is 8.16. The van der Waals surface area contributed by atoms with Crippen LogP contribution in [0.1, 0.15) is 37.9 Å². The van der Waals surface area contributed by atoms with Gasteiger partial charge in [0.25, 0.3) is 5.56 Å². The molecule has 0 aliphatic heterocycles. The second-order valence-electron chi connectivity index (χ2n) is 5.94. The van der Waals surface area contributed by atoms with Gasteiger partial charge in [-0.25, -0.2) is 4.98 Å². The molecule has 0 amide bonds. The highest BCUT2D eigenvalue weighted by molar-refractivity contribution is 7.98. The molecule has 2 aromatic heterocycles. The highest BCUT2D eigenvalue weighted by Gasteiger charge is 2.14. The van der Waals surface area contributed by atoms with E-state index in [1.807, 2.05) is 32.0 Å². The fraction of sp³-hybridized carbons (Fsp3) is 0.412. The molecule has 0 unspecified atom stereocenters. The predicted molar refractivity (Wildman–Crippen MR) is 95.7 cm³/mol. The summed E-state index contributed by atoms with van der Waals surface area (Å²) >= 11 is 1.38. The van der Waals surface area contributed by atoms with Gasteiger partial charge in [0.2, 0.25) is 5.89 Å². The maximum absolute atomic E-state index is 12.7. The van der Waals surface area contributed by atoms with Gasteiger partial charge in [-0.3, -0.25) is 9.36 Å². The number of hydrogen-bond donors (Lipinski definition) is 1. The number of aliphatic hydroxyl groups excluding tert-OH is 1. The number of thioether (sulfide) groups is 1. The Morgan fingerprint density at radius 2 is 2.08 bits per heavy atom. The zero-order valence-corrected chi connectivity index (χ0v) is 15.0. The van der Waals surface area contributed by atoms with Crippen molar-refractivity contribution in [1.29, 1.82) is 0 Å². The van der Waals surface area contributed by atoms with E-state index in [4.69, 9.17) is 9.63 Å². The maximum Gasteiger partial charge on any atom is 0.262 e. The molecule has 8 heteroatoms.